The van der Waals surface area contributed by atoms with Gasteiger partial charge in [-0.3, -0.25) is 4.98 Å². The minimum Gasteiger partial charge on any atom is -0.450 e. The summed E-state index contributed by atoms with van der Waals surface area (Å²) in [6.45, 7) is 3.77. The highest BCUT2D eigenvalue weighted by atomic mass is 35.5. The van der Waals surface area contributed by atoms with Crippen molar-refractivity contribution in [3.63, 3.8) is 0 Å². The topological polar surface area (TPSA) is 62.7 Å². The lowest BCUT2D eigenvalue weighted by atomic mass is 9.76. The number of rotatable bonds is 5. The second kappa shape index (κ2) is 9.84. The minimum absolute atomic E-state index is 0.135. The molecule has 6 heteroatoms. The second-order valence-corrected chi connectivity index (χ2v) is 8.64. The molecule has 0 saturated carbocycles. The number of aromatic nitrogens is 1. The number of likely N-dealkylation sites (tertiary alicyclic amines) is 1. The molecule has 5 nitrogen and oxygen atoms in total. The number of carbonyl (C=O) groups excluding carboxylic acids is 1. The molecule has 1 aromatic carbocycles. The maximum absolute atomic E-state index is 12.2. The molecule has 2 aromatic rings. The second-order valence-electron chi connectivity index (χ2n) is 8.21. The van der Waals surface area contributed by atoms with Crippen LogP contribution in [0.2, 0.25) is 5.02 Å². The molecular weight excluding hydrogens is 412 g/mol. The summed E-state index contributed by atoms with van der Waals surface area (Å²) in [5.74, 6) is 0.500. The standard InChI is InChI=1S/C25H29ClN2O3/c1-2-31-25(30)28-12-9-17(10-13-28)23-21-8-7-20(26)16-22(21)18(6-4-14-29)15-19-5-3-11-27-24(19)23/h3,5,7-8,11,15-17,23,29H,2,4,6,9-10,12-14H2,1H3. The van der Waals surface area contributed by atoms with Crippen molar-refractivity contribution in [2.75, 3.05) is 26.3 Å². The molecule has 31 heavy (non-hydrogen) atoms. The predicted octanol–water partition coefficient (Wildman–Crippen LogP) is 5.36. The molecule has 1 fully saturated rings. The normalized spacial score (nSPS) is 18.6. The monoisotopic (exact) mass is 440 g/mol. The number of aliphatic hydroxyl groups is 1. The Bertz CT molecular complexity index is 967. The quantitative estimate of drug-likeness (QED) is 0.679. The van der Waals surface area contributed by atoms with Gasteiger partial charge in [0.2, 0.25) is 0 Å². The van der Waals surface area contributed by atoms with Gasteiger partial charge in [-0.15, -0.1) is 0 Å². The van der Waals surface area contributed by atoms with Gasteiger partial charge >= 0.3 is 6.09 Å². The number of allylic oxidation sites excluding steroid dienone is 1. The summed E-state index contributed by atoms with van der Waals surface area (Å²) in [6, 6.07) is 10.2. The number of nitrogens with zero attached hydrogens (tertiary/aromatic N) is 2. The molecule has 1 saturated heterocycles. The van der Waals surface area contributed by atoms with E-state index < -0.39 is 0 Å². The fourth-order valence-corrected chi connectivity index (χ4v) is 5.06. The van der Waals surface area contributed by atoms with Gasteiger partial charge in [0, 0.05) is 36.8 Å². The molecule has 1 aliphatic heterocycles. The zero-order valence-electron chi connectivity index (χ0n) is 17.9. The summed E-state index contributed by atoms with van der Waals surface area (Å²) in [5.41, 5.74) is 5.78. The Hall–Kier alpha value is -2.37. The zero-order valence-corrected chi connectivity index (χ0v) is 18.6. The first-order valence-corrected chi connectivity index (χ1v) is 11.5. The first kappa shape index (κ1) is 21.8. The van der Waals surface area contributed by atoms with Crippen LogP contribution in [0.4, 0.5) is 4.79 Å². The molecule has 1 aliphatic carbocycles. The average molecular weight is 441 g/mol. The number of piperidine rings is 1. The molecule has 0 spiro atoms. The molecule has 2 aliphatic rings. The number of fused-ring (bicyclic) bond motifs is 2. The van der Waals surface area contributed by atoms with E-state index in [2.05, 4.69) is 18.2 Å². The molecular formula is C25H29ClN2O3. The Morgan fingerprint density at radius 3 is 2.84 bits per heavy atom. The average Bonchev–Trinajstić information content (AvgIpc) is 2.92. The van der Waals surface area contributed by atoms with Crippen LogP contribution in [0.5, 0.6) is 0 Å². The van der Waals surface area contributed by atoms with Crippen molar-refractivity contribution < 1.29 is 14.6 Å². The van der Waals surface area contributed by atoms with Crippen LogP contribution in [-0.4, -0.2) is 47.4 Å². The molecule has 1 N–H and O–H groups in total. The van der Waals surface area contributed by atoms with E-state index in [1.54, 1.807) is 0 Å². The molecule has 1 amide bonds. The van der Waals surface area contributed by atoms with E-state index in [0.717, 1.165) is 36.1 Å². The number of hydrogen-bond acceptors (Lipinski definition) is 4. The van der Waals surface area contributed by atoms with Crippen LogP contribution in [0.1, 0.15) is 60.9 Å². The molecule has 0 radical (unpaired) electrons. The Morgan fingerprint density at radius 1 is 1.29 bits per heavy atom. The van der Waals surface area contributed by atoms with Crippen molar-refractivity contribution in [1.82, 2.24) is 9.88 Å². The lowest BCUT2D eigenvalue weighted by Gasteiger charge is -2.36. The molecule has 1 aromatic heterocycles. The maximum atomic E-state index is 12.2. The van der Waals surface area contributed by atoms with E-state index in [-0.39, 0.29) is 18.6 Å². The fraction of sp³-hybridized carbons (Fsp3) is 0.440. The van der Waals surface area contributed by atoms with Gasteiger partial charge in [0.15, 0.2) is 0 Å². The van der Waals surface area contributed by atoms with E-state index >= 15 is 0 Å². The summed E-state index contributed by atoms with van der Waals surface area (Å²) in [5, 5.41) is 10.1. The summed E-state index contributed by atoms with van der Waals surface area (Å²) in [4.78, 5) is 18.8. The number of pyridine rings is 1. The molecule has 1 unspecified atom stereocenters. The number of ether oxygens (including phenoxy) is 1. The van der Waals surface area contributed by atoms with Gasteiger partial charge in [-0.25, -0.2) is 4.79 Å². The predicted molar refractivity (Wildman–Crippen MR) is 123 cm³/mol. The zero-order chi connectivity index (χ0) is 21.8. The van der Waals surface area contributed by atoms with E-state index in [4.69, 9.17) is 21.3 Å². The number of hydrogen-bond donors (Lipinski definition) is 1. The van der Waals surface area contributed by atoms with Gasteiger partial charge < -0.3 is 14.7 Å². The van der Waals surface area contributed by atoms with Crippen molar-refractivity contribution in [2.24, 2.45) is 5.92 Å². The van der Waals surface area contributed by atoms with Gasteiger partial charge in [0.1, 0.15) is 0 Å². The van der Waals surface area contributed by atoms with Crippen molar-refractivity contribution in [3.05, 3.63) is 63.9 Å². The first-order chi connectivity index (χ1) is 15.1. The van der Waals surface area contributed by atoms with E-state index in [0.29, 0.717) is 37.1 Å². The van der Waals surface area contributed by atoms with Gasteiger partial charge in [0.25, 0.3) is 0 Å². The van der Waals surface area contributed by atoms with Crippen LogP contribution in [0.25, 0.3) is 11.6 Å². The molecule has 0 bridgehead atoms. The van der Waals surface area contributed by atoms with Crippen LogP contribution >= 0.6 is 11.6 Å². The third-order valence-electron chi connectivity index (χ3n) is 6.33. The third kappa shape index (κ3) is 4.63. The largest absolute Gasteiger partial charge is 0.450 e. The highest BCUT2D eigenvalue weighted by Crippen LogP contribution is 2.45. The molecule has 2 heterocycles. The number of amides is 1. The summed E-state index contributed by atoms with van der Waals surface area (Å²) < 4.78 is 5.19. The molecule has 4 rings (SSSR count). The number of benzene rings is 1. The lowest BCUT2D eigenvalue weighted by molar-refractivity contribution is 0.0900. The smallest absolute Gasteiger partial charge is 0.409 e. The molecule has 164 valence electrons. The third-order valence-corrected chi connectivity index (χ3v) is 6.57. The van der Waals surface area contributed by atoms with Gasteiger partial charge in [0.05, 0.1) is 12.3 Å². The van der Waals surface area contributed by atoms with E-state index in [1.165, 1.54) is 11.1 Å². The number of halogens is 1. The van der Waals surface area contributed by atoms with Crippen molar-refractivity contribution in [2.45, 2.75) is 38.5 Å². The van der Waals surface area contributed by atoms with Crippen molar-refractivity contribution in [3.8, 4) is 0 Å². The van der Waals surface area contributed by atoms with Crippen LogP contribution in [-0.2, 0) is 4.74 Å². The van der Waals surface area contributed by atoms with Gasteiger partial charge in [-0.05, 0) is 85.1 Å². The number of aliphatic hydroxyl groups excluding tert-OH is 1. The number of carbonyl (C=O) groups is 1. The minimum atomic E-state index is -0.222. The lowest BCUT2D eigenvalue weighted by Crippen LogP contribution is -2.40. The highest BCUT2D eigenvalue weighted by molar-refractivity contribution is 6.30. The Kier molecular flexibility index (Phi) is 6.93. The van der Waals surface area contributed by atoms with Crippen LogP contribution in [0.15, 0.2) is 36.5 Å². The summed E-state index contributed by atoms with van der Waals surface area (Å²) in [6.07, 6.45) is 7.13. The van der Waals surface area contributed by atoms with Crippen LogP contribution in [0, 0.1) is 5.92 Å². The maximum Gasteiger partial charge on any atom is 0.409 e. The van der Waals surface area contributed by atoms with Crippen molar-refractivity contribution in [1.29, 1.82) is 0 Å². The highest BCUT2D eigenvalue weighted by Gasteiger charge is 2.35. The summed E-state index contributed by atoms with van der Waals surface area (Å²) in [7, 11) is 0. The van der Waals surface area contributed by atoms with Crippen molar-refractivity contribution >= 4 is 29.3 Å². The SMILES string of the molecule is CCOC(=O)N1CCC(C2c3ccc(Cl)cc3C(CCCO)=Cc3cccnc32)CC1. The van der Waals surface area contributed by atoms with E-state index in [1.807, 2.05) is 36.2 Å². The van der Waals surface area contributed by atoms with Crippen LogP contribution < -0.4 is 0 Å². The summed E-state index contributed by atoms with van der Waals surface area (Å²) >= 11 is 6.41. The van der Waals surface area contributed by atoms with E-state index in [9.17, 15) is 9.90 Å². The van der Waals surface area contributed by atoms with Gasteiger partial charge in [-0.2, -0.15) is 0 Å². The Morgan fingerprint density at radius 2 is 2.10 bits per heavy atom. The fourth-order valence-electron chi connectivity index (χ4n) is 4.89. The first-order valence-electron chi connectivity index (χ1n) is 11.1. The Balaban J connectivity index is 1.72. The Labute approximate surface area is 188 Å². The van der Waals surface area contributed by atoms with Gasteiger partial charge in [-0.1, -0.05) is 23.7 Å². The molecule has 1 atom stereocenters. The van der Waals surface area contributed by atoms with Crippen LogP contribution in [0.3, 0.4) is 0 Å².